The fourth-order valence-electron chi connectivity index (χ4n) is 4.76. The van der Waals surface area contributed by atoms with Gasteiger partial charge in [-0.2, -0.15) is 0 Å². The van der Waals surface area contributed by atoms with Crippen molar-refractivity contribution in [3.05, 3.63) is 0 Å². The highest BCUT2D eigenvalue weighted by atomic mass is 16.2. The van der Waals surface area contributed by atoms with E-state index in [1.54, 1.807) is 0 Å². The number of nitrogens with zero attached hydrogens (tertiary/aromatic N) is 1. The van der Waals surface area contributed by atoms with Gasteiger partial charge in [0.05, 0.1) is 5.92 Å². The van der Waals surface area contributed by atoms with Crippen LogP contribution in [0.1, 0.15) is 77.6 Å². The van der Waals surface area contributed by atoms with Crippen molar-refractivity contribution in [3.8, 4) is 0 Å². The van der Waals surface area contributed by atoms with Crippen molar-refractivity contribution in [2.24, 2.45) is 5.92 Å². The maximum atomic E-state index is 13.2. The standard InChI is InChI=1S/C18H32N2O/c1-14-17(12-13-19-14)18(21)20(15-8-4-2-5-9-15)16-10-6-3-7-11-16/h14-17,19H,2-13H2,1H3. The van der Waals surface area contributed by atoms with Crippen molar-refractivity contribution in [1.29, 1.82) is 0 Å². The highest BCUT2D eigenvalue weighted by Gasteiger charge is 2.39. The molecule has 0 aromatic heterocycles. The zero-order chi connectivity index (χ0) is 14.7. The van der Waals surface area contributed by atoms with Gasteiger partial charge in [0.1, 0.15) is 0 Å². The summed E-state index contributed by atoms with van der Waals surface area (Å²) >= 11 is 0. The van der Waals surface area contributed by atoms with Gasteiger partial charge in [-0.25, -0.2) is 0 Å². The Kier molecular flexibility index (Phi) is 5.20. The first kappa shape index (κ1) is 15.3. The topological polar surface area (TPSA) is 32.3 Å². The molecule has 0 spiro atoms. The van der Waals surface area contributed by atoms with Crippen LogP contribution in [0, 0.1) is 5.92 Å². The van der Waals surface area contributed by atoms with Gasteiger partial charge in [-0.1, -0.05) is 38.5 Å². The smallest absolute Gasteiger partial charge is 0.227 e. The van der Waals surface area contributed by atoms with Gasteiger partial charge in [0, 0.05) is 18.1 Å². The molecule has 1 aliphatic heterocycles. The van der Waals surface area contributed by atoms with E-state index in [4.69, 9.17) is 0 Å². The Balaban J connectivity index is 1.74. The molecule has 1 saturated heterocycles. The Morgan fingerprint density at radius 1 is 0.857 bits per heavy atom. The Morgan fingerprint density at radius 3 is 1.81 bits per heavy atom. The third kappa shape index (κ3) is 3.44. The molecule has 1 amide bonds. The van der Waals surface area contributed by atoms with Crippen molar-refractivity contribution in [3.63, 3.8) is 0 Å². The lowest BCUT2D eigenvalue weighted by molar-refractivity contribution is -0.142. The molecule has 1 N–H and O–H groups in total. The van der Waals surface area contributed by atoms with Crippen LogP contribution in [-0.2, 0) is 4.79 Å². The minimum Gasteiger partial charge on any atom is -0.336 e. The van der Waals surface area contributed by atoms with Crippen LogP contribution in [0.2, 0.25) is 0 Å². The molecule has 2 saturated carbocycles. The maximum absolute atomic E-state index is 13.2. The summed E-state index contributed by atoms with van der Waals surface area (Å²) in [7, 11) is 0. The molecule has 2 unspecified atom stereocenters. The molecule has 3 fully saturated rings. The second-order valence-corrected chi connectivity index (χ2v) is 7.47. The first-order chi connectivity index (χ1) is 10.3. The van der Waals surface area contributed by atoms with Gasteiger partial charge in [-0.05, 0) is 45.6 Å². The summed E-state index contributed by atoms with van der Waals surface area (Å²) in [5, 5.41) is 3.46. The summed E-state index contributed by atoms with van der Waals surface area (Å²) < 4.78 is 0. The molecule has 3 rings (SSSR count). The lowest BCUT2D eigenvalue weighted by Crippen LogP contribution is -2.52. The number of hydrogen-bond acceptors (Lipinski definition) is 2. The van der Waals surface area contributed by atoms with Crippen LogP contribution in [0.15, 0.2) is 0 Å². The van der Waals surface area contributed by atoms with Crippen LogP contribution < -0.4 is 5.32 Å². The molecule has 1 heterocycles. The SMILES string of the molecule is CC1NCCC1C(=O)N(C1CCCCC1)C1CCCCC1. The second kappa shape index (κ2) is 7.13. The van der Waals surface area contributed by atoms with E-state index >= 15 is 0 Å². The monoisotopic (exact) mass is 292 g/mol. The van der Waals surface area contributed by atoms with Crippen molar-refractivity contribution in [2.75, 3.05) is 6.54 Å². The van der Waals surface area contributed by atoms with Crippen molar-refractivity contribution in [2.45, 2.75) is 95.7 Å². The molecular weight excluding hydrogens is 260 g/mol. The molecule has 2 atom stereocenters. The molecular formula is C18H32N2O. The van der Waals surface area contributed by atoms with E-state index in [0.717, 1.165) is 13.0 Å². The highest BCUT2D eigenvalue weighted by Crippen LogP contribution is 2.33. The maximum Gasteiger partial charge on any atom is 0.227 e. The van der Waals surface area contributed by atoms with Crippen LogP contribution in [0.5, 0.6) is 0 Å². The molecule has 3 nitrogen and oxygen atoms in total. The largest absolute Gasteiger partial charge is 0.336 e. The summed E-state index contributed by atoms with van der Waals surface area (Å²) in [5.41, 5.74) is 0. The van der Waals surface area contributed by atoms with Gasteiger partial charge in [-0.15, -0.1) is 0 Å². The Bertz CT molecular complexity index is 327. The van der Waals surface area contributed by atoms with Gasteiger partial charge in [0.25, 0.3) is 0 Å². The summed E-state index contributed by atoms with van der Waals surface area (Å²) in [6, 6.07) is 1.46. The normalized spacial score (nSPS) is 32.2. The van der Waals surface area contributed by atoms with E-state index in [1.807, 2.05) is 0 Å². The van der Waals surface area contributed by atoms with Crippen molar-refractivity contribution in [1.82, 2.24) is 10.2 Å². The first-order valence-corrected chi connectivity index (χ1v) is 9.33. The summed E-state index contributed by atoms with van der Waals surface area (Å²) in [6.07, 6.45) is 14.0. The predicted octanol–water partition coefficient (Wildman–Crippen LogP) is 3.48. The van der Waals surface area contributed by atoms with Crippen molar-refractivity contribution < 1.29 is 4.79 Å². The van der Waals surface area contributed by atoms with E-state index < -0.39 is 0 Å². The van der Waals surface area contributed by atoms with Gasteiger partial charge < -0.3 is 10.2 Å². The first-order valence-electron chi connectivity index (χ1n) is 9.33. The van der Waals surface area contributed by atoms with Crippen LogP contribution in [0.25, 0.3) is 0 Å². The van der Waals surface area contributed by atoms with E-state index in [9.17, 15) is 4.79 Å². The second-order valence-electron chi connectivity index (χ2n) is 7.47. The van der Waals surface area contributed by atoms with Crippen LogP contribution >= 0.6 is 0 Å². The van der Waals surface area contributed by atoms with E-state index in [2.05, 4.69) is 17.1 Å². The highest BCUT2D eigenvalue weighted by molar-refractivity contribution is 5.80. The third-order valence-electron chi connectivity index (χ3n) is 6.03. The van der Waals surface area contributed by atoms with Crippen LogP contribution in [0.3, 0.4) is 0 Å². The third-order valence-corrected chi connectivity index (χ3v) is 6.03. The molecule has 0 aromatic rings. The van der Waals surface area contributed by atoms with Gasteiger partial charge in [0.15, 0.2) is 0 Å². The number of amides is 1. The number of rotatable bonds is 3. The quantitative estimate of drug-likeness (QED) is 0.863. The van der Waals surface area contributed by atoms with E-state index in [1.165, 1.54) is 64.2 Å². The summed E-state index contributed by atoms with van der Waals surface area (Å²) in [5.74, 6) is 0.708. The fraction of sp³-hybridized carbons (Fsp3) is 0.944. The zero-order valence-corrected chi connectivity index (χ0v) is 13.7. The van der Waals surface area contributed by atoms with Gasteiger partial charge >= 0.3 is 0 Å². The molecule has 0 bridgehead atoms. The molecule has 3 aliphatic rings. The lowest BCUT2D eigenvalue weighted by atomic mass is 9.86. The van der Waals surface area contributed by atoms with E-state index in [-0.39, 0.29) is 5.92 Å². The Hall–Kier alpha value is -0.570. The minimum atomic E-state index is 0.230. The molecule has 21 heavy (non-hydrogen) atoms. The number of carbonyl (C=O) groups is 1. The van der Waals surface area contributed by atoms with Crippen LogP contribution in [0.4, 0.5) is 0 Å². The average molecular weight is 292 g/mol. The Labute approximate surface area is 129 Å². The van der Waals surface area contributed by atoms with Gasteiger partial charge in [0.2, 0.25) is 5.91 Å². The Morgan fingerprint density at radius 2 is 1.38 bits per heavy atom. The minimum absolute atomic E-state index is 0.230. The zero-order valence-electron chi connectivity index (χ0n) is 13.7. The molecule has 3 heteroatoms. The number of nitrogens with one attached hydrogen (secondary N) is 1. The number of hydrogen-bond donors (Lipinski definition) is 1. The van der Waals surface area contributed by atoms with Crippen molar-refractivity contribution >= 4 is 5.91 Å². The average Bonchev–Trinajstić information content (AvgIpc) is 2.96. The number of carbonyl (C=O) groups excluding carboxylic acids is 1. The summed E-state index contributed by atoms with van der Waals surface area (Å²) in [6.45, 7) is 3.20. The molecule has 2 aliphatic carbocycles. The lowest BCUT2D eigenvalue weighted by Gasteiger charge is -2.43. The summed E-state index contributed by atoms with van der Waals surface area (Å²) in [4.78, 5) is 15.6. The molecule has 120 valence electrons. The predicted molar refractivity (Wildman–Crippen MR) is 86.2 cm³/mol. The van der Waals surface area contributed by atoms with Crippen LogP contribution in [-0.4, -0.2) is 35.5 Å². The fourth-order valence-corrected chi connectivity index (χ4v) is 4.76. The van der Waals surface area contributed by atoms with Gasteiger partial charge in [-0.3, -0.25) is 4.79 Å². The molecule has 0 aromatic carbocycles. The van der Waals surface area contributed by atoms with E-state index in [0.29, 0.717) is 24.0 Å². The molecule has 0 radical (unpaired) electrons.